The van der Waals surface area contributed by atoms with Crippen LogP contribution in [0.15, 0.2) is 0 Å². The third kappa shape index (κ3) is 11.4. The largest absolute Gasteiger partial charge is 0.462 e. The van der Waals surface area contributed by atoms with Gasteiger partial charge in [-0.15, -0.1) is 12.3 Å². The number of carbonyl (C=O) groups is 1. The van der Waals surface area contributed by atoms with Crippen molar-refractivity contribution < 1.29 is 24.1 Å². The van der Waals surface area contributed by atoms with Crippen molar-refractivity contribution >= 4 is 5.97 Å². The van der Waals surface area contributed by atoms with E-state index in [1.807, 2.05) is 0 Å². The number of cyclic esters (lactones) is 1. The van der Waals surface area contributed by atoms with Gasteiger partial charge in [0.1, 0.15) is 6.10 Å². The second kappa shape index (κ2) is 15.7. The minimum absolute atomic E-state index is 0.0263. The lowest BCUT2D eigenvalue weighted by molar-refractivity contribution is -0.160. The summed E-state index contributed by atoms with van der Waals surface area (Å²) in [5.74, 6) is 2.49. The Kier molecular flexibility index (Phi) is 13.2. The summed E-state index contributed by atoms with van der Waals surface area (Å²) in [6.45, 7) is 2.80. The zero-order valence-corrected chi connectivity index (χ0v) is 19.6. The zero-order valence-electron chi connectivity index (χ0n) is 19.6. The van der Waals surface area contributed by atoms with Crippen molar-refractivity contribution in [1.82, 2.24) is 0 Å². The maximum absolute atomic E-state index is 12.6. The van der Waals surface area contributed by atoms with Crippen LogP contribution in [0.5, 0.6) is 0 Å². The molecule has 3 unspecified atom stereocenters. The molecular weight excluding hydrogens is 392 g/mol. The topological polar surface area (TPSA) is 65.0 Å². The summed E-state index contributed by atoms with van der Waals surface area (Å²) in [6, 6.07) is 0. The first-order valence-electron chi connectivity index (χ1n) is 12.7. The summed E-state index contributed by atoms with van der Waals surface area (Å²) in [6.07, 6.45) is 19.7. The van der Waals surface area contributed by atoms with Crippen LogP contribution in [-0.4, -0.2) is 48.2 Å². The van der Waals surface area contributed by atoms with Crippen molar-refractivity contribution in [1.29, 1.82) is 0 Å². The van der Waals surface area contributed by atoms with Gasteiger partial charge in [0.25, 0.3) is 0 Å². The maximum Gasteiger partial charge on any atom is 0.308 e. The highest BCUT2D eigenvalue weighted by atomic mass is 16.6. The molecule has 0 aromatic carbocycles. The Hall–Kier alpha value is -1.09. The molecule has 0 amide bonds. The van der Waals surface area contributed by atoms with Crippen LogP contribution < -0.4 is 0 Å². The van der Waals surface area contributed by atoms with Gasteiger partial charge in [0.15, 0.2) is 0 Å². The van der Waals surface area contributed by atoms with E-state index in [0.717, 1.165) is 64.2 Å². The van der Waals surface area contributed by atoms with Crippen molar-refractivity contribution in [2.45, 2.75) is 140 Å². The van der Waals surface area contributed by atoms with E-state index in [4.69, 9.17) is 20.6 Å². The first kappa shape index (κ1) is 26.2. The highest BCUT2D eigenvalue weighted by Gasteiger charge is 2.31. The molecule has 0 saturated carbocycles. The predicted octanol–water partition coefficient (Wildman–Crippen LogP) is 5.32. The molecule has 2 saturated heterocycles. The average Bonchev–Trinajstić information content (AvgIpc) is 2.73. The van der Waals surface area contributed by atoms with Gasteiger partial charge in [-0.3, -0.25) is 4.79 Å². The SMILES string of the molecule is C#CCCCCCCCC[C@H]1CCOC(CC)CCCC2C[C@H](O)CC(CC(=O)O1)O2. The number of unbranched alkanes of at least 4 members (excludes halogenated alkanes) is 6. The molecule has 31 heavy (non-hydrogen) atoms. The lowest BCUT2D eigenvalue weighted by atomic mass is 9.95. The van der Waals surface area contributed by atoms with E-state index in [-0.39, 0.29) is 42.9 Å². The Labute approximate surface area is 189 Å². The minimum Gasteiger partial charge on any atom is -0.462 e. The highest BCUT2D eigenvalue weighted by Crippen LogP contribution is 2.27. The average molecular weight is 437 g/mol. The van der Waals surface area contributed by atoms with Crippen LogP contribution >= 0.6 is 0 Å². The van der Waals surface area contributed by atoms with Crippen molar-refractivity contribution in [2.75, 3.05) is 6.61 Å². The molecule has 5 nitrogen and oxygen atoms in total. The number of aliphatic hydroxyl groups excluding tert-OH is 1. The lowest BCUT2D eigenvalue weighted by Crippen LogP contribution is -2.38. The molecule has 5 heteroatoms. The molecule has 0 radical (unpaired) electrons. The number of carbonyl (C=O) groups excluding carboxylic acids is 1. The van der Waals surface area contributed by atoms with Crippen molar-refractivity contribution in [2.24, 2.45) is 0 Å². The van der Waals surface area contributed by atoms with E-state index in [2.05, 4.69) is 12.8 Å². The van der Waals surface area contributed by atoms with Gasteiger partial charge in [-0.1, -0.05) is 32.6 Å². The zero-order chi connectivity index (χ0) is 22.3. The third-order valence-corrected chi connectivity index (χ3v) is 6.55. The fourth-order valence-corrected chi connectivity index (χ4v) is 4.74. The summed E-state index contributed by atoms with van der Waals surface area (Å²) >= 11 is 0. The molecular formula is C26H44O5. The number of hydrogen-bond acceptors (Lipinski definition) is 5. The Morgan fingerprint density at radius 3 is 2.52 bits per heavy atom. The molecule has 1 N–H and O–H groups in total. The van der Waals surface area contributed by atoms with Gasteiger partial charge in [-0.2, -0.15) is 0 Å². The van der Waals surface area contributed by atoms with Gasteiger partial charge in [0, 0.05) is 19.3 Å². The molecule has 2 aliphatic rings. The van der Waals surface area contributed by atoms with E-state index in [0.29, 0.717) is 19.4 Å². The van der Waals surface area contributed by atoms with Gasteiger partial charge >= 0.3 is 5.97 Å². The molecule has 178 valence electrons. The summed E-state index contributed by atoms with van der Waals surface area (Å²) in [7, 11) is 0. The lowest BCUT2D eigenvalue weighted by Gasteiger charge is -2.33. The molecule has 2 bridgehead atoms. The smallest absolute Gasteiger partial charge is 0.308 e. The van der Waals surface area contributed by atoms with Crippen molar-refractivity contribution in [3.63, 3.8) is 0 Å². The molecule has 2 fully saturated rings. The number of esters is 1. The van der Waals surface area contributed by atoms with E-state index >= 15 is 0 Å². The maximum atomic E-state index is 12.6. The van der Waals surface area contributed by atoms with Gasteiger partial charge < -0.3 is 19.3 Å². The summed E-state index contributed by atoms with van der Waals surface area (Å²) in [5.41, 5.74) is 0. The monoisotopic (exact) mass is 436 g/mol. The number of aliphatic hydroxyl groups is 1. The quantitative estimate of drug-likeness (QED) is 0.301. The Morgan fingerprint density at radius 2 is 1.74 bits per heavy atom. The van der Waals surface area contributed by atoms with Crippen molar-refractivity contribution in [3.8, 4) is 12.3 Å². The highest BCUT2D eigenvalue weighted by molar-refractivity contribution is 5.70. The normalized spacial score (nSPS) is 30.7. The Bertz CT molecular complexity index is 528. The first-order valence-corrected chi connectivity index (χ1v) is 12.7. The third-order valence-electron chi connectivity index (χ3n) is 6.55. The summed E-state index contributed by atoms with van der Waals surface area (Å²) < 4.78 is 18.1. The van der Waals surface area contributed by atoms with Crippen molar-refractivity contribution in [3.05, 3.63) is 0 Å². The van der Waals surface area contributed by atoms with Crippen LogP contribution in [0.2, 0.25) is 0 Å². The van der Waals surface area contributed by atoms with Crippen LogP contribution in [-0.2, 0) is 19.0 Å². The standard InChI is InChI=1S/C26H44O5/c1-3-5-6-7-8-9-10-11-13-23-16-17-29-22(4-2)14-12-15-24-18-21(27)19-25(30-24)20-26(28)31-23/h1,21-25,27H,4-20H2,2H3/t21-,22?,23-,24?,25?/m0/s1. The Morgan fingerprint density at radius 1 is 1.00 bits per heavy atom. The van der Waals surface area contributed by atoms with Gasteiger partial charge in [-0.05, 0) is 51.4 Å². The van der Waals surface area contributed by atoms with Crippen LogP contribution in [0, 0.1) is 12.3 Å². The summed E-state index contributed by atoms with van der Waals surface area (Å²) in [5, 5.41) is 10.2. The number of hydrogen-bond donors (Lipinski definition) is 1. The molecule has 0 aromatic heterocycles. The Balaban J connectivity index is 1.82. The van der Waals surface area contributed by atoms with Crippen LogP contribution in [0.3, 0.4) is 0 Å². The van der Waals surface area contributed by atoms with Gasteiger partial charge in [0.05, 0.1) is 37.4 Å². The van der Waals surface area contributed by atoms with Crippen LogP contribution in [0.1, 0.15) is 110 Å². The van der Waals surface area contributed by atoms with Crippen LogP contribution in [0.25, 0.3) is 0 Å². The molecule has 2 rings (SSSR count). The first-order chi connectivity index (χ1) is 15.1. The van der Waals surface area contributed by atoms with E-state index in [1.54, 1.807) is 0 Å². The molecule has 2 heterocycles. The molecule has 2 aliphatic heterocycles. The number of fused-ring (bicyclic) bond motifs is 2. The van der Waals surface area contributed by atoms with E-state index in [1.165, 1.54) is 19.3 Å². The van der Waals surface area contributed by atoms with Gasteiger partial charge in [-0.25, -0.2) is 0 Å². The molecule has 5 atom stereocenters. The minimum atomic E-state index is -0.390. The molecule has 0 aromatic rings. The number of ether oxygens (including phenoxy) is 3. The fourth-order valence-electron chi connectivity index (χ4n) is 4.74. The summed E-state index contributed by atoms with van der Waals surface area (Å²) in [4.78, 5) is 12.6. The number of rotatable bonds is 9. The molecule has 0 aliphatic carbocycles. The van der Waals surface area contributed by atoms with E-state index < -0.39 is 0 Å². The van der Waals surface area contributed by atoms with Gasteiger partial charge in [0.2, 0.25) is 0 Å². The second-order valence-electron chi connectivity index (χ2n) is 9.31. The predicted molar refractivity (Wildman–Crippen MR) is 123 cm³/mol. The van der Waals surface area contributed by atoms with E-state index in [9.17, 15) is 9.90 Å². The fraction of sp³-hybridized carbons (Fsp3) is 0.885. The second-order valence-corrected chi connectivity index (χ2v) is 9.31. The number of terminal acetylenes is 1. The van der Waals surface area contributed by atoms with Crippen LogP contribution in [0.4, 0.5) is 0 Å². The molecule has 0 spiro atoms.